The van der Waals surface area contributed by atoms with Crippen LogP contribution in [0.5, 0.6) is 0 Å². The predicted octanol–water partition coefficient (Wildman–Crippen LogP) is 5.65. The van der Waals surface area contributed by atoms with E-state index >= 15 is 0 Å². The molecule has 37 heavy (non-hydrogen) atoms. The van der Waals surface area contributed by atoms with E-state index in [1.54, 1.807) is 6.92 Å². The van der Waals surface area contributed by atoms with Crippen LogP contribution in [0.25, 0.3) is 0 Å². The number of aliphatic hydroxyl groups is 2. The zero-order valence-corrected chi connectivity index (χ0v) is 24.2. The molecule has 0 radical (unpaired) electrons. The summed E-state index contributed by atoms with van der Waals surface area (Å²) in [4.78, 5) is 21.7. The van der Waals surface area contributed by atoms with Crippen LogP contribution in [0.1, 0.15) is 89.1 Å². The van der Waals surface area contributed by atoms with Crippen LogP contribution in [-0.4, -0.2) is 53.0 Å². The molecule has 1 aliphatic carbocycles. The van der Waals surface area contributed by atoms with Gasteiger partial charge in [-0.3, -0.25) is 4.79 Å². The number of hydrogen-bond acceptors (Lipinski definition) is 8. The molecule has 0 amide bonds. The van der Waals surface area contributed by atoms with E-state index in [4.69, 9.17) is 8.84 Å². The van der Waals surface area contributed by atoms with E-state index in [9.17, 15) is 15.0 Å². The van der Waals surface area contributed by atoms with Crippen LogP contribution < -0.4 is 5.32 Å². The van der Waals surface area contributed by atoms with Crippen molar-refractivity contribution in [3.05, 3.63) is 53.9 Å². The van der Waals surface area contributed by atoms with E-state index in [1.807, 2.05) is 0 Å². The number of aromatic nitrogens is 2. The van der Waals surface area contributed by atoms with Gasteiger partial charge in [0.15, 0.2) is 5.76 Å². The predicted molar refractivity (Wildman–Crippen MR) is 147 cm³/mol. The molecule has 0 spiro atoms. The van der Waals surface area contributed by atoms with Crippen molar-refractivity contribution < 1.29 is 23.9 Å². The molecule has 4 atom stereocenters. The van der Waals surface area contributed by atoms with E-state index < -0.39 is 14.4 Å². The summed E-state index contributed by atoms with van der Waals surface area (Å²) in [6, 6.07) is 1.51. The van der Waals surface area contributed by atoms with Gasteiger partial charge in [-0.2, -0.15) is 0 Å². The number of ketones is 1. The van der Waals surface area contributed by atoms with Crippen LogP contribution in [0.3, 0.4) is 0 Å². The Morgan fingerprint density at radius 1 is 1.22 bits per heavy atom. The third-order valence-electron chi connectivity index (χ3n) is 7.85. The van der Waals surface area contributed by atoms with Crippen LogP contribution >= 0.6 is 0 Å². The summed E-state index contributed by atoms with van der Waals surface area (Å²) in [6.07, 6.45) is 4.71. The lowest BCUT2D eigenvalue weighted by atomic mass is 10.1. The molecular weight excluding hydrogens is 486 g/mol. The number of hydrogen-bond donors (Lipinski definition) is 3. The molecule has 1 aliphatic rings. The van der Waals surface area contributed by atoms with Crippen molar-refractivity contribution in [1.29, 1.82) is 0 Å². The highest BCUT2D eigenvalue weighted by Crippen LogP contribution is 2.46. The van der Waals surface area contributed by atoms with Crippen molar-refractivity contribution >= 4 is 19.9 Å². The maximum atomic E-state index is 13.3. The zero-order chi connectivity index (χ0) is 27.5. The molecular formula is C28H43N3O5Si. The Morgan fingerprint density at radius 2 is 1.86 bits per heavy atom. The van der Waals surface area contributed by atoms with Crippen LogP contribution in [0.2, 0.25) is 16.6 Å². The van der Waals surface area contributed by atoms with Gasteiger partial charge in [-0.1, -0.05) is 48.1 Å². The van der Waals surface area contributed by atoms with Crippen molar-refractivity contribution in [2.24, 2.45) is 5.92 Å². The molecule has 3 N–H and O–H groups in total. The monoisotopic (exact) mass is 529 g/mol. The minimum atomic E-state index is -2.12. The third-order valence-corrected chi connectivity index (χ3v) is 14.0. The molecule has 9 heteroatoms. The number of nitrogens with one attached hydrogen (secondary N) is 1. The van der Waals surface area contributed by atoms with Gasteiger partial charge in [0.1, 0.15) is 18.2 Å². The highest BCUT2D eigenvalue weighted by atomic mass is 28.4. The lowest BCUT2D eigenvalue weighted by molar-refractivity contribution is 0.0941. The van der Waals surface area contributed by atoms with Gasteiger partial charge in [-0.25, -0.2) is 9.97 Å². The van der Waals surface area contributed by atoms with E-state index in [0.717, 1.165) is 6.42 Å². The molecule has 0 bridgehead atoms. The number of aliphatic hydroxyl groups excluding tert-OH is 2. The number of nitrogens with zero attached hydrogens (tertiary/aromatic N) is 2. The standard InChI is InChI=1S/C28H43N3O5Si/c1-16(2)26(33)21-10-25(35-14-21)27(34)23-12-29-15-30-28(23)31-22-9-20(13-32)24(11-22)36-37(17(3)4,18(5)6)19(7)8/h10,12,14-15,17-20,22,24,26,32-33H,1,9,11,13H2,2-8H3,(H,29,30,31)/t20-,22-,24+,26+/m1/s1. The Balaban J connectivity index is 1.80. The molecule has 0 aromatic carbocycles. The SMILES string of the molecule is C=C(C)[C@H](O)c1coc(C(=O)c2cncnc2N[C@@H]2C[C@H](CO)[C@@H](O[Si](C(C)C)(C(C)C)C(C)C)C2)c1. The molecule has 1 fully saturated rings. The van der Waals surface area contributed by atoms with Gasteiger partial charge >= 0.3 is 0 Å². The second kappa shape index (κ2) is 12.0. The second-order valence-electron chi connectivity index (χ2n) is 11.3. The normalized spacial score (nSPS) is 21.1. The highest BCUT2D eigenvalue weighted by Gasteiger charge is 2.49. The van der Waals surface area contributed by atoms with Crippen LogP contribution in [0.15, 0.2) is 41.4 Å². The lowest BCUT2D eigenvalue weighted by Crippen LogP contribution is -2.51. The van der Waals surface area contributed by atoms with Crippen molar-refractivity contribution in [2.75, 3.05) is 11.9 Å². The van der Waals surface area contributed by atoms with Crippen LogP contribution in [0, 0.1) is 5.92 Å². The number of rotatable bonds is 12. The maximum absolute atomic E-state index is 13.3. The molecule has 8 nitrogen and oxygen atoms in total. The van der Waals surface area contributed by atoms with Gasteiger partial charge in [0.25, 0.3) is 0 Å². The number of carbonyl (C=O) groups is 1. The first-order chi connectivity index (χ1) is 17.4. The Bertz CT molecular complexity index is 1060. The van der Waals surface area contributed by atoms with Crippen molar-refractivity contribution in [3.63, 3.8) is 0 Å². The molecule has 2 heterocycles. The summed E-state index contributed by atoms with van der Waals surface area (Å²) in [5.41, 5.74) is 2.66. The highest BCUT2D eigenvalue weighted by molar-refractivity contribution is 6.77. The second-order valence-corrected chi connectivity index (χ2v) is 16.7. The fraction of sp³-hybridized carbons (Fsp3) is 0.607. The van der Waals surface area contributed by atoms with Crippen molar-refractivity contribution in [1.82, 2.24) is 9.97 Å². The minimum absolute atomic E-state index is 0.0119. The average molecular weight is 530 g/mol. The first kappa shape index (κ1) is 29.2. The zero-order valence-electron chi connectivity index (χ0n) is 23.2. The summed E-state index contributed by atoms with van der Waals surface area (Å²) in [6.45, 7) is 19.1. The largest absolute Gasteiger partial charge is 0.460 e. The van der Waals surface area contributed by atoms with Gasteiger partial charge in [0.2, 0.25) is 14.1 Å². The Morgan fingerprint density at radius 3 is 2.43 bits per heavy atom. The van der Waals surface area contributed by atoms with Gasteiger partial charge in [-0.05, 0) is 48.0 Å². The van der Waals surface area contributed by atoms with Crippen LogP contribution in [-0.2, 0) is 4.43 Å². The van der Waals surface area contributed by atoms with Crippen molar-refractivity contribution in [3.8, 4) is 0 Å². The molecule has 204 valence electrons. The van der Waals surface area contributed by atoms with Gasteiger partial charge < -0.3 is 24.4 Å². The quantitative estimate of drug-likeness (QED) is 0.183. The molecule has 3 rings (SSSR count). The molecule has 1 saturated carbocycles. The summed E-state index contributed by atoms with van der Waals surface area (Å²) >= 11 is 0. The Labute approximate surface area is 221 Å². The summed E-state index contributed by atoms with van der Waals surface area (Å²) < 4.78 is 12.5. The number of carbonyl (C=O) groups excluding carboxylic acids is 1. The lowest BCUT2D eigenvalue weighted by Gasteiger charge is -2.45. The maximum Gasteiger partial charge on any atom is 0.233 e. The van der Waals surface area contributed by atoms with E-state index in [2.05, 4.69) is 63.4 Å². The third kappa shape index (κ3) is 6.06. The molecule has 2 aromatic rings. The topological polar surface area (TPSA) is 118 Å². The van der Waals surface area contributed by atoms with E-state index in [1.165, 1.54) is 24.9 Å². The smallest absolute Gasteiger partial charge is 0.233 e. The minimum Gasteiger partial charge on any atom is -0.460 e. The first-order valence-electron chi connectivity index (χ1n) is 13.2. The van der Waals surface area contributed by atoms with Gasteiger partial charge in [0.05, 0.1) is 17.9 Å². The van der Waals surface area contributed by atoms with E-state index in [0.29, 0.717) is 40.0 Å². The summed E-state index contributed by atoms with van der Waals surface area (Å²) in [7, 11) is -2.12. The number of anilines is 1. The Hall–Kier alpha value is -2.33. The van der Waals surface area contributed by atoms with Gasteiger partial charge in [0, 0.05) is 30.3 Å². The number of furan rings is 1. The molecule has 0 saturated heterocycles. The van der Waals surface area contributed by atoms with Crippen LogP contribution in [0.4, 0.5) is 5.82 Å². The summed E-state index contributed by atoms with van der Waals surface area (Å²) in [5, 5.41) is 23.8. The Kier molecular flexibility index (Phi) is 9.50. The van der Waals surface area contributed by atoms with Gasteiger partial charge in [-0.15, -0.1) is 0 Å². The molecule has 2 aromatic heterocycles. The average Bonchev–Trinajstić information content (AvgIpc) is 3.48. The van der Waals surface area contributed by atoms with Crippen molar-refractivity contribution in [2.45, 2.75) is 96.2 Å². The molecule has 0 unspecified atom stereocenters. The first-order valence-corrected chi connectivity index (χ1v) is 15.4. The molecule has 0 aliphatic heterocycles. The fourth-order valence-electron chi connectivity index (χ4n) is 6.05. The van der Waals surface area contributed by atoms with E-state index in [-0.39, 0.29) is 41.8 Å². The fourth-order valence-corrected chi connectivity index (χ4v) is 11.7. The summed E-state index contributed by atoms with van der Waals surface area (Å²) in [5.74, 6) is 0.146.